The van der Waals surface area contributed by atoms with Crippen LogP contribution < -0.4 is 0 Å². The number of nitrogens with zero attached hydrogens (tertiary/aromatic N) is 4. The summed E-state index contributed by atoms with van der Waals surface area (Å²) in [7, 11) is 0. The zero-order valence-corrected chi connectivity index (χ0v) is 19.6. The van der Waals surface area contributed by atoms with Gasteiger partial charge < -0.3 is 10.2 Å². The number of likely N-dealkylation sites (tertiary alicyclic amines) is 2. The molecule has 0 bridgehead atoms. The van der Waals surface area contributed by atoms with Crippen molar-refractivity contribution in [2.45, 2.75) is 38.3 Å². The van der Waals surface area contributed by atoms with Crippen LogP contribution in [0, 0.1) is 0 Å². The number of fused-ring (bicyclic) bond motifs is 1. The average Bonchev–Trinajstić information content (AvgIpc) is 3.48. The SMILES string of the molecule is O=C(O)C=C(C(=O)O)c1nc2ccccc2n1-c1ccc(CN2CC[C@H](N3CCCCC3)C2)cc1. The molecule has 2 saturated heterocycles. The van der Waals surface area contributed by atoms with Crippen LogP contribution in [0.5, 0.6) is 0 Å². The first-order chi connectivity index (χ1) is 17.0. The minimum Gasteiger partial charge on any atom is -0.478 e. The lowest BCUT2D eigenvalue weighted by molar-refractivity contribution is -0.133. The fraction of sp³-hybridized carbons (Fsp3) is 0.370. The van der Waals surface area contributed by atoms with Crippen molar-refractivity contribution >= 4 is 28.5 Å². The van der Waals surface area contributed by atoms with Gasteiger partial charge in [-0.25, -0.2) is 14.6 Å². The van der Waals surface area contributed by atoms with Crippen molar-refractivity contribution in [1.29, 1.82) is 0 Å². The van der Waals surface area contributed by atoms with Crippen LogP contribution in [0.4, 0.5) is 0 Å². The molecule has 8 nitrogen and oxygen atoms in total. The Labute approximate surface area is 204 Å². The molecule has 1 atom stereocenters. The van der Waals surface area contributed by atoms with Gasteiger partial charge in [0, 0.05) is 37.4 Å². The van der Waals surface area contributed by atoms with Gasteiger partial charge in [-0.1, -0.05) is 30.7 Å². The molecule has 3 aromatic rings. The van der Waals surface area contributed by atoms with Gasteiger partial charge in [-0.3, -0.25) is 14.4 Å². The molecular weight excluding hydrogens is 444 g/mol. The predicted molar refractivity (Wildman–Crippen MR) is 133 cm³/mol. The van der Waals surface area contributed by atoms with Crippen molar-refractivity contribution in [3.8, 4) is 5.69 Å². The molecule has 0 aliphatic carbocycles. The maximum Gasteiger partial charge on any atom is 0.339 e. The summed E-state index contributed by atoms with van der Waals surface area (Å²) in [5, 5.41) is 18.9. The molecular formula is C27H30N4O4. The quantitative estimate of drug-likeness (QED) is 0.505. The number of para-hydroxylation sites is 2. The molecule has 2 aliphatic rings. The van der Waals surface area contributed by atoms with E-state index in [1.807, 2.05) is 30.3 Å². The van der Waals surface area contributed by atoms with Crippen LogP contribution in [0.15, 0.2) is 54.6 Å². The lowest BCUT2D eigenvalue weighted by atomic mass is 10.1. The summed E-state index contributed by atoms with van der Waals surface area (Å²) in [6.07, 6.45) is 5.90. The summed E-state index contributed by atoms with van der Waals surface area (Å²) < 4.78 is 1.71. The number of benzene rings is 2. The molecule has 2 N–H and O–H groups in total. The Morgan fingerprint density at radius 2 is 1.71 bits per heavy atom. The second-order valence-electron chi connectivity index (χ2n) is 9.40. The normalized spacial score (nSPS) is 19.9. The number of aromatic nitrogens is 2. The minimum atomic E-state index is -1.34. The van der Waals surface area contributed by atoms with Crippen molar-refractivity contribution in [2.24, 2.45) is 0 Å². The molecule has 0 spiro atoms. The van der Waals surface area contributed by atoms with Crippen LogP contribution in [-0.4, -0.2) is 73.7 Å². The van der Waals surface area contributed by atoms with Gasteiger partial charge in [0.1, 0.15) is 5.57 Å². The van der Waals surface area contributed by atoms with Crippen molar-refractivity contribution in [3.05, 3.63) is 66.0 Å². The first-order valence-corrected chi connectivity index (χ1v) is 12.2. The Bertz CT molecular complexity index is 1260. The Kier molecular flexibility index (Phi) is 6.66. The fourth-order valence-corrected chi connectivity index (χ4v) is 5.36. The van der Waals surface area contributed by atoms with Crippen molar-refractivity contribution in [2.75, 3.05) is 26.2 Å². The number of imidazole rings is 1. The van der Waals surface area contributed by atoms with Crippen LogP contribution in [0.3, 0.4) is 0 Å². The predicted octanol–water partition coefficient (Wildman–Crippen LogP) is 3.64. The van der Waals surface area contributed by atoms with Gasteiger partial charge in [-0.05, 0) is 62.2 Å². The van der Waals surface area contributed by atoms with Gasteiger partial charge in [-0.15, -0.1) is 0 Å². The number of carbonyl (C=O) groups is 2. The van der Waals surface area contributed by atoms with E-state index in [9.17, 15) is 19.8 Å². The van der Waals surface area contributed by atoms with Crippen molar-refractivity contribution in [1.82, 2.24) is 19.4 Å². The van der Waals surface area contributed by atoms with Gasteiger partial charge in [0.05, 0.1) is 11.0 Å². The molecule has 35 heavy (non-hydrogen) atoms. The number of carboxylic acid groups (broad SMARTS) is 2. The highest BCUT2D eigenvalue weighted by atomic mass is 16.4. The highest BCUT2D eigenvalue weighted by Crippen LogP contribution is 2.27. The van der Waals surface area contributed by atoms with Gasteiger partial charge in [0.15, 0.2) is 5.82 Å². The molecule has 3 heterocycles. The minimum absolute atomic E-state index is 0.0952. The number of rotatable bonds is 7. The van der Waals surface area contributed by atoms with E-state index in [-0.39, 0.29) is 11.4 Å². The summed E-state index contributed by atoms with van der Waals surface area (Å²) in [6.45, 7) is 5.52. The summed E-state index contributed by atoms with van der Waals surface area (Å²) in [6, 6.07) is 16.0. The van der Waals surface area contributed by atoms with E-state index in [4.69, 9.17) is 0 Å². The zero-order valence-electron chi connectivity index (χ0n) is 19.6. The number of aliphatic carboxylic acids is 2. The summed E-state index contributed by atoms with van der Waals surface area (Å²) in [4.78, 5) is 32.8. The molecule has 0 radical (unpaired) electrons. The molecule has 0 amide bonds. The second-order valence-corrected chi connectivity index (χ2v) is 9.40. The number of hydrogen-bond donors (Lipinski definition) is 2. The van der Waals surface area contributed by atoms with Crippen LogP contribution >= 0.6 is 0 Å². The van der Waals surface area contributed by atoms with Crippen LogP contribution in [0.25, 0.3) is 22.3 Å². The van der Waals surface area contributed by atoms with Gasteiger partial charge in [0.25, 0.3) is 0 Å². The van der Waals surface area contributed by atoms with E-state index in [0.29, 0.717) is 17.6 Å². The lowest BCUT2D eigenvalue weighted by Gasteiger charge is -2.32. The number of piperidine rings is 1. The molecule has 5 rings (SSSR count). The third kappa shape index (κ3) is 4.99. The summed E-state index contributed by atoms with van der Waals surface area (Å²) in [5.41, 5.74) is 2.89. The van der Waals surface area contributed by atoms with Gasteiger partial charge >= 0.3 is 11.9 Å². The lowest BCUT2D eigenvalue weighted by Crippen LogP contribution is -2.40. The second kappa shape index (κ2) is 10.0. The largest absolute Gasteiger partial charge is 0.478 e. The number of hydrogen-bond acceptors (Lipinski definition) is 5. The van der Waals surface area contributed by atoms with Gasteiger partial charge in [0.2, 0.25) is 0 Å². The zero-order chi connectivity index (χ0) is 24.4. The van der Waals surface area contributed by atoms with E-state index >= 15 is 0 Å². The van der Waals surface area contributed by atoms with Gasteiger partial charge in [-0.2, -0.15) is 0 Å². The van der Waals surface area contributed by atoms with Crippen molar-refractivity contribution in [3.63, 3.8) is 0 Å². The van der Waals surface area contributed by atoms with E-state index < -0.39 is 11.9 Å². The fourth-order valence-electron chi connectivity index (χ4n) is 5.36. The smallest absolute Gasteiger partial charge is 0.339 e. The van der Waals surface area contributed by atoms with Crippen molar-refractivity contribution < 1.29 is 19.8 Å². The maximum absolute atomic E-state index is 11.9. The molecule has 2 aliphatic heterocycles. The molecule has 182 valence electrons. The third-order valence-electron chi connectivity index (χ3n) is 7.06. The van der Waals surface area contributed by atoms with Crippen LogP contribution in [-0.2, 0) is 16.1 Å². The standard InChI is InChI=1S/C27H30N4O4/c32-25(33)16-22(27(34)35)26-28-23-6-2-3-7-24(23)31(26)20-10-8-19(9-11-20)17-29-15-12-21(18-29)30-13-4-1-5-14-30/h2-3,6-11,16,21H,1,4-5,12-15,17-18H2,(H,32,33)(H,34,35)/t21-/m0/s1. The first-order valence-electron chi connectivity index (χ1n) is 12.2. The highest BCUT2D eigenvalue weighted by Gasteiger charge is 2.28. The Balaban J connectivity index is 1.39. The average molecular weight is 475 g/mol. The maximum atomic E-state index is 11.9. The molecule has 0 saturated carbocycles. The van der Waals surface area contributed by atoms with E-state index in [2.05, 4.69) is 26.9 Å². The number of carboxylic acids is 2. The van der Waals surface area contributed by atoms with Crippen LogP contribution in [0.2, 0.25) is 0 Å². The molecule has 2 aromatic carbocycles. The Morgan fingerprint density at radius 1 is 0.971 bits per heavy atom. The highest BCUT2D eigenvalue weighted by molar-refractivity contribution is 6.19. The molecule has 1 aromatic heterocycles. The van der Waals surface area contributed by atoms with E-state index in [0.717, 1.165) is 30.8 Å². The Hall–Kier alpha value is -3.49. The van der Waals surface area contributed by atoms with Crippen LogP contribution in [0.1, 0.15) is 37.1 Å². The first kappa shape index (κ1) is 23.3. The molecule has 8 heteroatoms. The third-order valence-corrected chi connectivity index (χ3v) is 7.06. The Morgan fingerprint density at radius 3 is 2.43 bits per heavy atom. The summed E-state index contributed by atoms with van der Waals surface area (Å²) >= 11 is 0. The van der Waals surface area contributed by atoms with E-state index in [1.54, 1.807) is 10.6 Å². The van der Waals surface area contributed by atoms with E-state index in [1.165, 1.54) is 44.3 Å². The summed E-state index contributed by atoms with van der Waals surface area (Å²) in [5.74, 6) is -2.57. The topological polar surface area (TPSA) is 98.9 Å². The monoisotopic (exact) mass is 474 g/mol. The molecule has 0 unspecified atom stereocenters. The molecule has 2 fully saturated rings.